The molecule has 10 aromatic rings. The van der Waals surface area contributed by atoms with Crippen molar-refractivity contribution in [1.29, 1.82) is 0 Å². The van der Waals surface area contributed by atoms with Crippen LogP contribution in [-0.2, 0) is 0 Å². The molecule has 1 heteroatoms. The highest BCUT2D eigenvalue weighted by molar-refractivity contribution is 6.26. The summed E-state index contributed by atoms with van der Waals surface area (Å²) in [5.41, 5.74) is -0.218. The normalized spacial score (nSPS) is 16.5. The lowest BCUT2D eigenvalue weighted by molar-refractivity contribution is 0.669. The quantitative estimate of drug-likeness (QED) is 0.175. The molecule has 0 saturated heterocycles. The summed E-state index contributed by atoms with van der Waals surface area (Å²) in [7, 11) is 0. The number of fused-ring (bicyclic) bond motifs is 6. The Morgan fingerprint density at radius 2 is 1.04 bits per heavy atom. The van der Waals surface area contributed by atoms with Crippen LogP contribution < -0.4 is 0 Å². The van der Waals surface area contributed by atoms with Gasteiger partial charge in [-0.3, -0.25) is 0 Å². The molecule has 1 heterocycles. The van der Waals surface area contributed by atoms with Gasteiger partial charge in [0.05, 0.1) is 23.3 Å². The zero-order valence-electron chi connectivity index (χ0n) is 42.4. The number of hydrogen-bond donors (Lipinski definition) is 0. The van der Waals surface area contributed by atoms with Gasteiger partial charge >= 0.3 is 0 Å². The second kappa shape index (κ2) is 11.1. The van der Waals surface area contributed by atoms with E-state index in [-0.39, 0.29) is 61.5 Å². The number of furan rings is 1. The van der Waals surface area contributed by atoms with Gasteiger partial charge < -0.3 is 4.42 Å². The molecule has 0 amide bonds. The summed E-state index contributed by atoms with van der Waals surface area (Å²) in [5.74, 6) is 0. The first kappa shape index (κ1) is 15.6. The molecule has 0 radical (unpaired) electrons. The van der Waals surface area contributed by atoms with E-state index in [1.807, 2.05) is 0 Å². The van der Waals surface area contributed by atoms with Gasteiger partial charge in [-0.25, -0.2) is 0 Å². The fourth-order valence-corrected chi connectivity index (χ4v) is 6.69. The summed E-state index contributed by atoms with van der Waals surface area (Å²) in [6, 6.07) is 13.2. The van der Waals surface area contributed by atoms with Gasteiger partial charge in [0.1, 0.15) is 11.2 Å². The Labute approximate surface area is 308 Å². The van der Waals surface area contributed by atoms with Crippen molar-refractivity contribution < 1.29 is 27.7 Å². The fraction of sp³-hybridized carbons (Fsp3) is 0. The molecule has 1 aromatic heterocycles. The molecule has 0 saturated carbocycles. The first-order valence-corrected chi connectivity index (χ1v) is 15.5. The van der Waals surface area contributed by atoms with Crippen molar-refractivity contribution >= 4 is 54.3 Å². The van der Waals surface area contributed by atoms with E-state index in [4.69, 9.17) is 19.5 Å². The fourth-order valence-electron chi connectivity index (χ4n) is 6.69. The average Bonchev–Trinajstić information content (AvgIpc) is 3.72. The van der Waals surface area contributed by atoms with E-state index in [0.717, 1.165) is 0 Å². The first-order valence-electron chi connectivity index (χ1n) is 24.0. The molecule has 1 nitrogen and oxygen atoms in total. The molecular formula is C48H30O. The molecule has 49 heavy (non-hydrogen) atoms. The van der Waals surface area contributed by atoms with Crippen molar-refractivity contribution in [2.45, 2.75) is 0 Å². The van der Waals surface area contributed by atoms with Crippen LogP contribution in [0.4, 0.5) is 0 Å². The maximum Gasteiger partial charge on any atom is 0.136 e. The summed E-state index contributed by atoms with van der Waals surface area (Å²) in [6.45, 7) is 0. The maximum atomic E-state index is 9.90. The van der Waals surface area contributed by atoms with E-state index in [1.165, 1.54) is 0 Å². The Bertz CT molecular complexity index is 3760. The standard InChI is InChI=1S/C48H30O/c1-3-14-31(15-4-1)33-26-27-41-45(30-33)49-44-25-13-24-42(48(41)44)47-39-22-11-9-20-37(39)46(38-21-10-12-23-40(38)47)35-28-34-18-7-8-19-36(34)43(29-35)32-16-5-2-6-17-32/h1-30H/i1D,3D,4D,7D,8D,13D,14D,15D,18D,19D,24D,25D,26D,27D,28D,29D,30D. The van der Waals surface area contributed by atoms with Crippen LogP contribution in [0.3, 0.4) is 0 Å². The first-order chi connectivity index (χ1) is 31.4. The third-order valence-electron chi connectivity index (χ3n) is 8.75. The molecule has 10 rings (SSSR count). The van der Waals surface area contributed by atoms with Gasteiger partial charge in [0.2, 0.25) is 0 Å². The molecule has 0 aliphatic rings. The molecule has 228 valence electrons. The van der Waals surface area contributed by atoms with Crippen molar-refractivity contribution in [3.63, 3.8) is 0 Å². The minimum absolute atomic E-state index is 0.00125. The van der Waals surface area contributed by atoms with Crippen LogP contribution in [0, 0.1) is 0 Å². The molecule has 0 bridgehead atoms. The van der Waals surface area contributed by atoms with Crippen LogP contribution >= 0.6 is 0 Å². The smallest absolute Gasteiger partial charge is 0.136 e. The second-order valence-electron chi connectivity index (χ2n) is 11.5. The molecule has 0 fully saturated rings. The minimum Gasteiger partial charge on any atom is -0.456 e. The van der Waals surface area contributed by atoms with Crippen molar-refractivity contribution in [3.8, 4) is 44.5 Å². The van der Waals surface area contributed by atoms with Crippen molar-refractivity contribution in [3.05, 3.63) is 182 Å². The minimum atomic E-state index is -0.712. The largest absolute Gasteiger partial charge is 0.456 e. The van der Waals surface area contributed by atoms with Gasteiger partial charge in [-0.1, -0.05) is 151 Å². The average molecular weight is 640 g/mol. The van der Waals surface area contributed by atoms with Crippen molar-refractivity contribution in [2.75, 3.05) is 0 Å². The summed E-state index contributed by atoms with van der Waals surface area (Å²) < 4.78 is 158. The van der Waals surface area contributed by atoms with E-state index in [2.05, 4.69) is 0 Å². The highest BCUT2D eigenvalue weighted by Crippen LogP contribution is 2.48. The van der Waals surface area contributed by atoms with E-state index >= 15 is 0 Å². The third kappa shape index (κ3) is 4.40. The maximum absolute atomic E-state index is 9.90. The van der Waals surface area contributed by atoms with Crippen molar-refractivity contribution in [2.24, 2.45) is 0 Å². The molecule has 0 aliphatic heterocycles. The Morgan fingerprint density at radius 1 is 0.367 bits per heavy atom. The topological polar surface area (TPSA) is 13.1 Å². The van der Waals surface area contributed by atoms with Crippen LogP contribution in [0.2, 0.25) is 0 Å². The highest BCUT2D eigenvalue weighted by atomic mass is 16.3. The predicted molar refractivity (Wildman–Crippen MR) is 208 cm³/mol. The lowest BCUT2D eigenvalue weighted by Gasteiger charge is -2.19. The summed E-state index contributed by atoms with van der Waals surface area (Å²) in [5, 5.41) is 1.42. The Morgan fingerprint density at radius 3 is 1.80 bits per heavy atom. The molecule has 0 aliphatic carbocycles. The molecule has 0 atom stereocenters. The van der Waals surface area contributed by atoms with Crippen LogP contribution in [0.25, 0.3) is 98.8 Å². The monoisotopic (exact) mass is 639 g/mol. The predicted octanol–water partition coefficient (Wildman–Crippen LogP) is 13.7. The summed E-state index contributed by atoms with van der Waals surface area (Å²) in [4.78, 5) is 0. The Hall–Kier alpha value is -6.44. The molecule has 0 spiro atoms. The van der Waals surface area contributed by atoms with E-state index in [9.17, 15) is 8.22 Å². The number of hydrogen-bond acceptors (Lipinski definition) is 1. The van der Waals surface area contributed by atoms with Crippen LogP contribution in [-0.4, -0.2) is 0 Å². The van der Waals surface area contributed by atoms with Gasteiger partial charge in [0.25, 0.3) is 0 Å². The van der Waals surface area contributed by atoms with Gasteiger partial charge in [-0.05, 0) is 107 Å². The second-order valence-corrected chi connectivity index (χ2v) is 11.5. The zero-order chi connectivity index (χ0) is 47.1. The zero-order valence-corrected chi connectivity index (χ0v) is 25.4. The van der Waals surface area contributed by atoms with Crippen LogP contribution in [0.1, 0.15) is 23.3 Å². The van der Waals surface area contributed by atoms with E-state index in [0.29, 0.717) is 38.2 Å². The highest BCUT2D eigenvalue weighted by Gasteiger charge is 2.21. The summed E-state index contributed by atoms with van der Waals surface area (Å²) in [6.07, 6.45) is 0. The Kier molecular flexibility index (Phi) is 3.54. The lowest BCUT2D eigenvalue weighted by atomic mass is 9.83. The number of rotatable bonds is 4. The van der Waals surface area contributed by atoms with Crippen LogP contribution in [0.15, 0.2) is 186 Å². The van der Waals surface area contributed by atoms with Gasteiger partial charge in [0, 0.05) is 10.8 Å². The lowest BCUT2D eigenvalue weighted by Crippen LogP contribution is -1.92. The number of benzene rings is 9. The van der Waals surface area contributed by atoms with Crippen molar-refractivity contribution in [1.82, 2.24) is 0 Å². The molecule has 0 N–H and O–H groups in total. The van der Waals surface area contributed by atoms with E-state index in [1.54, 1.807) is 78.9 Å². The van der Waals surface area contributed by atoms with Gasteiger partial charge in [-0.2, -0.15) is 0 Å². The van der Waals surface area contributed by atoms with E-state index < -0.39 is 102 Å². The van der Waals surface area contributed by atoms with Crippen LogP contribution in [0.5, 0.6) is 0 Å². The third-order valence-corrected chi connectivity index (χ3v) is 8.75. The van der Waals surface area contributed by atoms with Gasteiger partial charge in [-0.15, -0.1) is 0 Å². The molecule has 0 unspecified atom stereocenters. The molecular weight excluding hydrogens is 593 g/mol. The SMILES string of the molecule is [2H]c1c([2H])c([2H])c(-c2c([2H])c([2H])c3c(oc4c([2H])c([2H])c([2H])c(-c5c6ccccc6c(-c6c([2H])c(-c7ccccc7)c7c([2H])c([2H])c([2H])c([2H])c7c6[2H])c6ccccc56)c43)c2[2H])c([2H])c1[2H]. The summed E-state index contributed by atoms with van der Waals surface area (Å²) >= 11 is 0. The van der Waals surface area contributed by atoms with Gasteiger partial charge in [0.15, 0.2) is 0 Å². The Balaban J connectivity index is 1.39. The molecule has 9 aromatic carbocycles.